The standard InChI is InChI=1S/C21H18BrClFN5O2/c1-27-18(30)10-29(21(27)31)17-4-12(11-2-3-11)8-28-9-14(26-20(17)28)7-25-16-6-13(22)5-15(24)19(16)23/h4-6,8-9,11,25H,2-3,7,10H2,1H3. The van der Waals surface area contributed by atoms with Gasteiger partial charge in [-0.2, -0.15) is 0 Å². The van der Waals surface area contributed by atoms with E-state index >= 15 is 0 Å². The summed E-state index contributed by atoms with van der Waals surface area (Å²) in [5.41, 5.74) is 3.46. The van der Waals surface area contributed by atoms with Crippen molar-refractivity contribution in [2.24, 2.45) is 0 Å². The van der Waals surface area contributed by atoms with Crippen molar-refractivity contribution in [3.05, 3.63) is 57.2 Å². The number of fused-ring (bicyclic) bond motifs is 1. The van der Waals surface area contributed by atoms with Crippen molar-refractivity contribution in [3.8, 4) is 0 Å². The van der Waals surface area contributed by atoms with Crippen LogP contribution in [0.2, 0.25) is 5.02 Å². The monoisotopic (exact) mass is 505 g/mol. The molecule has 7 nitrogen and oxygen atoms in total. The van der Waals surface area contributed by atoms with Gasteiger partial charge in [-0.1, -0.05) is 27.5 Å². The molecule has 2 aliphatic rings. The van der Waals surface area contributed by atoms with E-state index < -0.39 is 5.82 Å². The minimum absolute atomic E-state index is 0.00730. The average Bonchev–Trinajstić information content (AvgIpc) is 3.45. The smallest absolute Gasteiger partial charge is 0.331 e. The van der Waals surface area contributed by atoms with Gasteiger partial charge in [0.05, 0.1) is 28.6 Å². The maximum absolute atomic E-state index is 13.9. The summed E-state index contributed by atoms with van der Waals surface area (Å²) in [6, 6.07) is 4.60. The molecule has 3 aromatic rings. The molecule has 1 aromatic carbocycles. The van der Waals surface area contributed by atoms with Gasteiger partial charge in [-0.25, -0.2) is 14.2 Å². The van der Waals surface area contributed by atoms with Crippen molar-refractivity contribution in [2.45, 2.75) is 25.3 Å². The molecule has 0 radical (unpaired) electrons. The van der Waals surface area contributed by atoms with E-state index in [4.69, 9.17) is 11.6 Å². The highest BCUT2D eigenvalue weighted by Crippen LogP contribution is 2.42. The second-order valence-corrected chi connectivity index (χ2v) is 9.11. The number of anilines is 2. The van der Waals surface area contributed by atoms with E-state index in [1.165, 1.54) is 18.0 Å². The van der Waals surface area contributed by atoms with Crippen molar-refractivity contribution >= 4 is 56.5 Å². The SMILES string of the molecule is CN1C(=O)CN(c2cc(C3CC3)cn3cc(CNc4cc(Br)cc(F)c4Cl)nc23)C1=O. The lowest BCUT2D eigenvalue weighted by atomic mass is 10.1. The Kier molecular flexibility index (Phi) is 4.90. The van der Waals surface area contributed by atoms with E-state index in [1.54, 1.807) is 6.07 Å². The minimum Gasteiger partial charge on any atom is -0.378 e. The second kappa shape index (κ2) is 7.49. The molecular weight excluding hydrogens is 489 g/mol. The number of nitrogens with zero attached hydrogens (tertiary/aromatic N) is 4. The summed E-state index contributed by atoms with van der Waals surface area (Å²) in [5, 5.41) is 3.12. The predicted molar refractivity (Wildman–Crippen MR) is 119 cm³/mol. The molecule has 1 aliphatic heterocycles. The minimum atomic E-state index is -0.522. The molecule has 1 saturated heterocycles. The number of pyridine rings is 1. The Morgan fingerprint density at radius 2 is 2.03 bits per heavy atom. The Morgan fingerprint density at radius 3 is 2.71 bits per heavy atom. The summed E-state index contributed by atoms with van der Waals surface area (Å²) in [7, 11) is 1.48. The zero-order valence-corrected chi connectivity index (χ0v) is 18.9. The van der Waals surface area contributed by atoms with Gasteiger partial charge in [0, 0.05) is 23.9 Å². The number of nitrogens with one attached hydrogen (secondary N) is 1. The van der Waals surface area contributed by atoms with Crippen molar-refractivity contribution in [3.63, 3.8) is 0 Å². The van der Waals surface area contributed by atoms with Gasteiger partial charge in [0.15, 0.2) is 5.65 Å². The van der Waals surface area contributed by atoms with Gasteiger partial charge in [-0.3, -0.25) is 14.6 Å². The quantitative estimate of drug-likeness (QED) is 0.399. The first-order chi connectivity index (χ1) is 14.8. The van der Waals surface area contributed by atoms with E-state index in [2.05, 4.69) is 26.2 Å². The molecule has 0 atom stereocenters. The molecule has 3 amide bonds. The van der Waals surface area contributed by atoms with Crippen molar-refractivity contribution in [2.75, 3.05) is 23.8 Å². The number of aromatic nitrogens is 2. The van der Waals surface area contributed by atoms with Crippen LogP contribution in [0.3, 0.4) is 0 Å². The number of hydrogen-bond acceptors (Lipinski definition) is 4. The Labute approximate surface area is 190 Å². The van der Waals surface area contributed by atoms with Crippen LogP contribution in [0, 0.1) is 5.82 Å². The Hall–Kier alpha value is -2.65. The van der Waals surface area contributed by atoms with Gasteiger partial charge >= 0.3 is 6.03 Å². The molecule has 1 saturated carbocycles. The number of imidazole rings is 1. The first kappa shape index (κ1) is 20.3. The molecule has 1 aliphatic carbocycles. The zero-order valence-electron chi connectivity index (χ0n) is 16.5. The van der Waals surface area contributed by atoms with Gasteiger partial charge in [0.25, 0.3) is 0 Å². The van der Waals surface area contributed by atoms with Crippen LogP contribution in [0.15, 0.2) is 35.1 Å². The number of hydrogen-bond donors (Lipinski definition) is 1. The third kappa shape index (κ3) is 3.65. The molecule has 5 rings (SSSR count). The van der Waals surface area contributed by atoms with E-state index in [0.29, 0.717) is 39.7 Å². The Balaban J connectivity index is 1.50. The molecule has 3 heterocycles. The fourth-order valence-corrected chi connectivity index (χ4v) is 4.34. The van der Waals surface area contributed by atoms with Crippen LogP contribution in [0.4, 0.5) is 20.6 Å². The molecule has 0 spiro atoms. The van der Waals surface area contributed by atoms with E-state index in [9.17, 15) is 14.0 Å². The lowest BCUT2D eigenvalue weighted by Gasteiger charge is -2.17. The molecule has 2 fully saturated rings. The van der Waals surface area contributed by atoms with Crippen LogP contribution in [0.1, 0.15) is 30.0 Å². The maximum atomic E-state index is 13.9. The Bertz CT molecular complexity index is 1240. The summed E-state index contributed by atoms with van der Waals surface area (Å²) in [5.74, 6) is -0.312. The summed E-state index contributed by atoms with van der Waals surface area (Å²) in [4.78, 5) is 31.9. The van der Waals surface area contributed by atoms with E-state index in [0.717, 1.165) is 23.3 Å². The number of benzene rings is 1. The van der Waals surface area contributed by atoms with Crippen LogP contribution in [0.5, 0.6) is 0 Å². The van der Waals surface area contributed by atoms with Gasteiger partial charge in [-0.05, 0) is 42.5 Å². The number of urea groups is 1. The molecule has 160 valence electrons. The fourth-order valence-electron chi connectivity index (χ4n) is 3.73. The second-order valence-electron chi connectivity index (χ2n) is 7.82. The highest BCUT2D eigenvalue weighted by molar-refractivity contribution is 9.10. The number of likely N-dealkylation sites (N-methyl/N-ethyl adjacent to an activating group) is 1. The van der Waals surface area contributed by atoms with Crippen LogP contribution in [0.25, 0.3) is 5.65 Å². The number of carbonyl (C=O) groups excluding carboxylic acids is 2. The first-order valence-corrected chi connectivity index (χ1v) is 11.0. The molecule has 1 N–H and O–H groups in total. The normalized spacial score (nSPS) is 16.6. The molecular formula is C21H18BrClFN5O2. The molecule has 0 unspecified atom stereocenters. The highest BCUT2D eigenvalue weighted by Gasteiger charge is 2.36. The summed E-state index contributed by atoms with van der Waals surface area (Å²) in [6.45, 7) is 0.300. The van der Waals surface area contributed by atoms with Gasteiger partial charge < -0.3 is 9.72 Å². The first-order valence-electron chi connectivity index (χ1n) is 9.80. The molecule has 31 heavy (non-hydrogen) atoms. The fraction of sp³-hybridized carbons (Fsp3) is 0.286. The number of rotatable bonds is 5. The van der Waals surface area contributed by atoms with Crippen LogP contribution in [-0.2, 0) is 11.3 Å². The van der Waals surface area contributed by atoms with Crippen LogP contribution in [-0.4, -0.2) is 39.8 Å². The zero-order chi connectivity index (χ0) is 21.9. The number of halogens is 3. The topological polar surface area (TPSA) is 70.0 Å². The largest absolute Gasteiger partial charge is 0.378 e. The summed E-state index contributed by atoms with van der Waals surface area (Å²) in [6.07, 6.45) is 6.10. The van der Waals surface area contributed by atoms with E-state index in [-0.39, 0.29) is 23.5 Å². The molecule has 2 aromatic heterocycles. The number of carbonyl (C=O) groups is 2. The summed E-state index contributed by atoms with van der Waals surface area (Å²) < 4.78 is 16.4. The highest BCUT2D eigenvalue weighted by atomic mass is 79.9. The lowest BCUT2D eigenvalue weighted by molar-refractivity contribution is -0.123. The Morgan fingerprint density at radius 1 is 1.26 bits per heavy atom. The molecule has 10 heteroatoms. The van der Waals surface area contributed by atoms with Crippen molar-refractivity contribution in [1.29, 1.82) is 0 Å². The van der Waals surface area contributed by atoms with Crippen molar-refractivity contribution < 1.29 is 14.0 Å². The lowest BCUT2D eigenvalue weighted by Crippen LogP contribution is -2.30. The number of imide groups is 1. The van der Waals surface area contributed by atoms with Crippen molar-refractivity contribution in [1.82, 2.24) is 14.3 Å². The van der Waals surface area contributed by atoms with Crippen LogP contribution >= 0.6 is 27.5 Å². The summed E-state index contributed by atoms with van der Waals surface area (Å²) >= 11 is 9.33. The third-order valence-electron chi connectivity index (χ3n) is 5.58. The van der Waals surface area contributed by atoms with Crippen LogP contribution < -0.4 is 10.2 Å². The van der Waals surface area contributed by atoms with E-state index in [1.807, 2.05) is 22.9 Å². The predicted octanol–water partition coefficient (Wildman–Crippen LogP) is 4.78. The van der Waals surface area contributed by atoms with Gasteiger partial charge in [0.2, 0.25) is 5.91 Å². The van der Waals surface area contributed by atoms with Gasteiger partial charge in [-0.15, -0.1) is 0 Å². The maximum Gasteiger partial charge on any atom is 0.331 e. The third-order valence-corrected chi connectivity index (χ3v) is 6.42. The van der Waals surface area contributed by atoms with Gasteiger partial charge in [0.1, 0.15) is 12.4 Å². The number of amides is 3. The average molecular weight is 507 g/mol. The molecule has 0 bridgehead atoms.